The molecule has 4 heteroatoms. The van der Waals surface area contributed by atoms with Gasteiger partial charge in [-0.25, -0.2) is 0 Å². The van der Waals surface area contributed by atoms with Crippen LogP contribution in [0.2, 0.25) is 0 Å². The number of rotatable bonds is 2. The van der Waals surface area contributed by atoms with E-state index in [0.717, 1.165) is 10.8 Å². The minimum Gasteiger partial charge on any atom is -0.476 e. The summed E-state index contributed by atoms with van der Waals surface area (Å²) in [6.07, 6.45) is 0.979. The molecule has 0 aliphatic heterocycles. The van der Waals surface area contributed by atoms with Crippen LogP contribution < -0.4 is 0 Å². The Morgan fingerprint density at radius 3 is 2.53 bits per heavy atom. The van der Waals surface area contributed by atoms with Gasteiger partial charge >= 0.3 is 0 Å². The van der Waals surface area contributed by atoms with Crippen LogP contribution in [0.25, 0.3) is 44.5 Å². The third-order valence-corrected chi connectivity index (χ3v) is 4.89. The molecule has 1 radical (unpaired) electrons. The molecule has 0 fully saturated rings. The zero-order valence-electron chi connectivity index (χ0n) is 27.6. The fourth-order valence-corrected chi connectivity index (χ4v) is 3.39. The van der Waals surface area contributed by atoms with Crippen molar-refractivity contribution < 1.29 is 38.2 Å². The first-order chi connectivity index (χ1) is 20.3. The number of para-hydroxylation sites is 1. The van der Waals surface area contributed by atoms with E-state index in [-0.39, 0.29) is 61.2 Å². The van der Waals surface area contributed by atoms with Gasteiger partial charge in [0.15, 0.2) is 0 Å². The number of hydrogen-bond donors (Lipinski definition) is 0. The molecule has 3 aromatic heterocycles. The Bertz CT molecular complexity index is 1880. The normalized spacial score (nSPS) is 15.4. The van der Waals surface area contributed by atoms with Gasteiger partial charge in [0.25, 0.3) is 0 Å². The fraction of sp³-hybridized carbons (Fsp3) is 0.0667. The van der Waals surface area contributed by atoms with E-state index in [1.165, 1.54) is 24.4 Å². The van der Waals surface area contributed by atoms with Crippen LogP contribution in [0.5, 0.6) is 0 Å². The molecule has 0 unspecified atom stereocenters. The number of aryl methyl sites for hydroxylation is 2. The zero-order valence-corrected chi connectivity index (χ0v) is 20.0. The summed E-state index contributed by atoms with van der Waals surface area (Å²) in [5, 5.41) is 1.61. The molecule has 34 heavy (non-hydrogen) atoms. The van der Waals surface area contributed by atoms with Crippen LogP contribution in [-0.2, 0) is 20.1 Å². The van der Waals surface area contributed by atoms with Crippen LogP contribution in [0, 0.1) is 25.8 Å². The van der Waals surface area contributed by atoms with E-state index in [9.17, 15) is 0 Å². The molecule has 0 bridgehead atoms. The van der Waals surface area contributed by atoms with Crippen molar-refractivity contribution in [1.82, 2.24) is 9.97 Å². The molecule has 3 nitrogen and oxygen atoms in total. The van der Waals surface area contributed by atoms with Gasteiger partial charge in [-0.3, -0.25) is 0 Å². The average Bonchev–Trinajstić information content (AvgIpc) is 3.37. The molecule has 0 spiro atoms. The quantitative estimate of drug-likeness (QED) is 0.185. The van der Waals surface area contributed by atoms with Crippen molar-refractivity contribution in [3.63, 3.8) is 0 Å². The topological polar surface area (TPSA) is 38.9 Å². The largest absolute Gasteiger partial charge is 0.476 e. The van der Waals surface area contributed by atoms with Gasteiger partial charge in [-0.15, -0.1) is 53.1 Å². The third-order valence-electron chi connectivity index (χ3n) is 4.89. The predicted octanol–water partition coefficient (Wildman–Crippen LogP) is 7.61. The summed E-state index contributed by atoms with van der Waals surface area (Å²) in [5.74, 6) is 0. The molecule has 6 rings (SSSR count). The Labute approximate surface area is 226 Å². The zero-order chi connectivity index (χ0) is 31.1. The molecule has 0 amide bonds. The van der Waals surface area contributed by atoms with Crippen LogP contribution in [0.1, 0.15) is 24.8 Å². The van der Waals surface area contributed by atoms with Gasteiger partial charge in [0, 0.05) is 40.7 Å². The van der Waals surface area contributed by atoms with E-state index in [0.29, 0.717) is 28.0 Å². The summed E-state index contributed by atoms with van der Waals surface area (Å²) >= 11 is 0. The van der Waals surface area contributed by atoms with Crippen molar-refractivity contribution in [3.8, 4) is 22.5 Å². The molecule has 0 atom stereocenters. The van der Waals surface area contributed by atoms with Crippen LogP contribution in [0.15, 0.2) is 102 Å². The van der Waals surface area contributed by atoms with Gasteiger partial charge in [-0.1, -0.05) is 60.7 Å². The first-order valence-electron chi connectivity index (χ1n) is 15.0. The average molecular weight is 629 g/mol. The van der Waals surface area contributed by atoms with E-state index < -0.39 is 13.7 Å². The summed E-state index contributed by atoms with van der Waals surface area (Å²) in [6.45, 7) is -4.34. The van der Waals surface area contributed by atoms with Crippen molar-refractivity contribution in [2.45, 2.75) is 13.7 Å². The minimum atomic E-state index is -2.18. The van der Waals surface area contributed by atoms with Gasteiger partial charge in [0.05, 0.1) is 11.1 Å². The van der Waals surface area contributed by atoms with Crippen molar-refractivity contribution in [3.05, 3.63) is 120 Å². The Kier molecular flexibility index (Phi) is 4.34. The van der Waals surface area contributed by atoms with Crippen molar-refractivity contribution in [1.29, 1.82) is 0 Å². The summed E-state index contributed by atoms with van der Waals surface area (Å²) in [7, 11) is 0. The van der Waals surface area contributed by atoms with Gasteiger partial charge < -0.3 is 14.4 Å². The van der Waals surface area contributed by atoms with Crippen LogP contribution >= 0.6 is 0 Å². The number of fused-ring (bicyclic) bond motifs is 3. The van der Waals surface area contributed by atoms with Crippen LogP contribution in [0.4, 0.5) is 0 Å². The van der Waals surface area contributed by atoms with E-state index >= 15 is 0 Å². The molecule has 169 valence electrons. The SMILES string of the molecule is [2H]C([2H])([2H])c1c[c-]c(-c2ccc(C([2H])([2H])[2H])cn2)cc1.[2H]c1nc(-c2[c-]ccc3oc4ccccc4c23)c([2H])c([2H])c1[2H].[Ir]. The Hall–Kier alpha value is -3.59. The number of pyridine rings is 2. The molecule has 0 saturated carbocycles. The second-order valence-corrected chi connectivity index (χ2v) is 7.06. The Balaban J connectivity index is 0.000000199. The third kappa shape index (κ3) is 4.99. The summed E-state index contributed by atoms with van der Waals surface area (Å²) in [5.41, 5.74) is 3.58. The number of hydrogen-bond acceptors (Lipinski definition) is 3. The monoisotopic (exact) mass is 629 g/mol. The second-order valence-electron chi connectivity index (χ2n) is 7.06. The maximum Gasteiger partial charge on any atom is 0.123 e. The van der Waals surface area contributed by atoms with Crippen molar-refractivity contribution >= 4 is 21.9 Å². The fourth-order valence-electron chi connectivity index (χ4n) is 3.39. The maximum absolute atomic E-state index is 8.10. The molecule has 0 aliphatic carbocycles. The number of furan rings is 1. The first kappa shape index (κ1) is 14.0. The van der Waals surface area contributed by atoms with E-state index in [1.54, 1.807) is 24.3 Å². The number of nitrogens with zero attached hydrogens (tertiary/aromatic N) is 2. The summed E-state index contributed by atoms with van der Waals surface area (Å²) in [6, 6.07) is 23.6. The second kappa shape index (κ2) is 10.6. The molecule has 3 heterocycles. The van der Waals surface area contributed by atoms with E-state index in [2.05, 4.69) is 22.1 Å². The predicted molar refractivity (Wildman–Crippen MR) is 134 cm³/mol. The number of benzene rings is 3. The molecule has 6 aromatic rings. The summed E-state index contributed by atoms with van der Waals surface area (Å²) in [4.78, 5) is 8.11. The molecule has 0 saturated heterocycles. The molecule has 3 aromatic carbocycles. The standard InChI is InChI=1S/C17H10NO.C13H12N.Ir/c1-2-9-15-13(6-1)17-12(7-5-10-16(17)19-15)14-8-3-4-11-18-14;1-10-3-6-12(7-4-10)13-8-5-11(2)9-14-13;/h1-6,8-11H;3-6,8-9H,1-2H3;/q2*-1;/i3D,4D,8D,11D;1D3,2D3;. The number of aromatic nitrogens is 2. The maximum atomic E-state index is 8.10. The van der Waals surface area contributed by atoms with Crippen LogP contribution in [-0.4, -0.2) is 9.97 Å². The minimum absolute atomic E-state index is 0. The van der Waals surface area contributed by atoms with Gasteiger partial charge in [0.1, 0.15) is 5.58 Å². The Morgan fingerprint density at radius 1 is 0.853 bits per heavy atom. The van der Waals surface area contributed by atoms with Crippen molar-refractivity contribution in [2.24, 2.45) is 0 Å². The summed E-state index contributed by atoms with van der Waals surface area (Å²) < 4.78 is 80.7. The van der Waals surface area contributed by atoms with Crippen LogP contribution in [0.3, 0.4) is 0 Å². The first-order valence-corrected chi connectivity index (χ1v) is 10.0. The molecule has 0 N–H and O–H groups in total. The van der Waals surface area contributed by atoms with Gasteiger partial charge in [-0.05, 0) is 41.3 Å². The Morgan fingerprint density at radius 2 is 1.74 bits per heavy atom. The molecular formula is C30H22IrN2O-2. The molecule has 0 aliphatic rings. The van der Waals surface area contributed by atoms with Crippen molar-refractivity contribution in [2.75, 3.05) is 0 Å². The van der Waals surface area contributed by atoms with Gasteiger partial charge in [0.2, 0.25) is 0 Å². The molecular weight excluding hydrogens is 597 g/mol. The smallest absolute Gasteiger partial charge is 0.123 e. The van der Waals surface area contributed by atoms with E-state index in [4.69, 9.17) is 18.1 Å². The van der Waals surface area contributed by atoms with E-state index in [1.807, 2.05) is 24.3 Å². The van der Waals surface area contributed by atoms with Gasteiger partial charge in [-0.2, -0.15) is 0 Å².